The van der Waals surface area contributed by atoms with Crippen molar-refractivity contribution < 1.29 is 4.79 Å². The average Bonchev–Trinajstić information content (AvgIpc) is 3.22. The van der Waals surface area contributed by atoms with Crippen LogP contribution in [0.5, 0.6) is 0 Å². The fourth-order valence-corrected chi connectivity index (χ4v) is 5.97. The van der Waals surface area contributed by atoms with Crippen LogP contribution in [0, 0.1) is 5.92 Å². The van der Waals surface area contributed by atoms with Gasteiger partial charge >= 0.3 is 0 Å². The van der Waals surface area contributed by atoms with Gasteiger partial charge in [-0.2, -0.15) is 0 Å². The number of fused-ring (bicyclic) bond motifs is 1. The minimum absolute atomic E-state index is 0.103. The monoisotopic (exact) mass is 421 g/mol. The van der Waals surface area contributed by atoms with Crippen molar-refractivity contribution in [2.75, 3.05) is 18.8 Å². The van der Waals surface area contributed by atoms with E-state index in [0.717, 1.165) is 23.3 Å². The zero-order valence-electron chi connectivity index (χ0n) is 12.8. The Balaban J connectivity index is 1.63. The van der Waals surface area contributed by atoms with Crippen LogP contribution in [0.15, 0.2) is 51.2 Å². The number of aliphatic imine (C=N–C) groups is 1. The van der Waals surface area contributed by atoms with E-state index in [4.69, 9.17) is 4.99 Å². The Bertz CT molecular complexity index is 792. The lowest BCUT2D eigenvalue weighted by atomic mass is 9.87. The van der Waals surface area contributed by atoms with Crippen molar-refractivity contribution in [1.82, 2.24) is 10.6 Å². The highest BCUT2D eigenvalue weighted by atomic mass is 79.9. The maximum absolute atomic E-state index is 12.4. The van der Waals surface area contributed by atoms with Crippen LogP contribution in [0.4, 0.5) is 0 Å². The van der Waals surface area contributed by atoms with Gasteiger partial charge in [-0.25, -0.2) is 4.99 Å². The quantitative estimate of drug-likeness (QED) is 0.780. The van der Waals surface area contributed by atoms with E-state index in [1.54, 1.807) is 23.1 Å². The summed E-state index contributed by atoms with van der Waals surface area (Å²) in [6.07, 6.45) is 0. The molecule has 4 rings (SSSR count). The van der Waals surface area contributed by atoms with Crippen LogP contribution < -0.4 is 10.6 Å². The molecule has 24 heavy (non-hydrogen) atoms. The molecule has 1 aromatic carbocycles. The van der Waals surface area contributed by atoms with Gasteiger partial charge < -0.3 is 10.6 Å². The molecule has 0 saturated carbocycles. The first-order chi connectivity index (χ1) is 11.7. The van der Waals surface area contributed by atoms with E-state index in [-0.39, 0.29) is 11.4 Å². The summed E-state index contributed by atoms with van der Waals surface area (Å²) in [5.74, 6) is 1.30. The molecule has 0 bridgehead atoms. The lowest BCUT2D eigenvalue weighted by molar-refractivity contribution is 0.0977. The molecule has 2 aliphatic heterocycles. The lowest BCUT2D eigenvalue weighted by Crippen LogP contribution is -2.42. The van der Waals surface area contributed by atoms with E-state index in [9.17, 15) is 4.79 Å². The third-order valence-electron chi connectivity index (χ3n) is 4.43. The number of carbonyl (C=O) groups excluding carboxylic acids is 1. The van der Waals surface area contributed by atoms with Gasteiger partial charge in [0.25, 0.3) is 5.91 Å². The zero-order chi connectivity index (χ0) is 16.6. The number of nitrogens with zero attached hydrogens (tertiary/aromatic N) is 1. The SMILES string of the molecule is O=C(NC1=N[C@@]2(c3cc(Br)cs3)CNCC2CS1)c1ccccc1. The summed E-state index contributed by atoms with van der Waals surface area (Å²) in [5, 5.41) is 9.28. The van der Waals surface area contributed by atoms with Gasteiger partial charge in [0.15, 0.2) is 5.17 Å². The Hall–Kier alpha value is -1.15. The third kappa shape index (κ3) is 2.94. The van der Waals surface area contributed by atoms with Crippen LogP contribution in [-0.2, 0) is 5.54 Å². The van der Waals surface area contributed by atoms with Gasteiger partial charge in [-0.15, -0.1) is 11.3 Å². The van der Waals surface area contributed by atoms with Crippen LogP contribution in [0.1, 0.15) is 15.2 Å². The highest BCUT2D eigenvalue weighted by molar-refractivity contribution is 9.10. The maximum Gasteiger partial charge on any atom is 0.257 e. The van der Waals surface area contributed by atoms with Crippen LogP contribution in [0.2, 0.25) is 0 Å². The van der Waals surface area contributed by atoms with Crippen LogP contribution in [0.25, 0.3) is 0 Å². The highest BCUT2D eigenvalue weighted by Gasteiger charge is 2.48. The van der Waals surface area contributed by atoms with Crippen molar-refractivity contribution in [1.29, 1.82) is 0 Å². The number of halogens is 1. The molecule has 2 aromatic rings. The molecule has 7 heteroatoms. The first kappa shape index (κ1) is 16.3. The summed E-state index contributed by atoms with van der Waals surface area (Å²) >= 11 is 6.90. The molecule has 0 aliphatic carbocycles. The number of nitrogens with one attached hydrogen (secondary N) is 2. The molecule has 0 radical (unpaired) electrons. The molecule has 1 fully saturated rings. The first-order valence-corrected chi connectivity index (χ1v) is 10.4. The van der Waals surface area contributed by atoms with E-state index < -0.39 is 0 Å². The maximum atomic E-state index is 12.4. The number of hydrogen-bond donors (Lipinski definition) is 2. The number of thiophene rings is 1. The number of amides is 1. The standard InChI is InChI=1S/C17H16BrN3OS2/c18-13-6-14(23-9-13)17-10-19-7-12(17)8-24-16(21-17)20-15(22)11-4-2-1-3-5-11/h1-6,9,12,19H,7-8,10H2,(H,20,21,22)/t12?,17-/m0/s1. The number of hydrogen-bond acceptors (Lipinski definition) is 5. The fraction of sp³-hybridized carbons (Fsp3) is 0.294. The number of carbonyl (C=O) groups is 1. The van der Waals surface area contributed by atoms with Gasteiger partial charge in [-0.1, -0.05) is 30.0 Å². The molecule has 2 atom stereocenters. The van der Waals surface area contributed by atoms with Gasteiger partial charge in [0, 0.05) is 45.1 Å². The molecular formula is C17H16BrN3OS2. The second-order valence-electron chi connectivity index (χ2n) is 5.93. The average molecular weight is 422 g/mol. The van der Waals surface area contributed by atoms with Gasteiger partial charge in [0.05, 0.1) is 0 Å². The molecule has 0 spiro atoms. The summed E-state index contributed by atoms with van der Waals surface area (Å²) in [5.41, 5.74) is 0.390. The molecular weight excluding hydrogens is 406 g/mol. The number of amidine groups is 1. The van der Waals surface area contributed by atoms with Crippen molar-refractivity contribution >= 4 is 50.1 Å². The van der Waals surface area contributed by atoms with Crippen molar-refractivity contribution in [2.45, 2.75) is 5.54 Å². The Morgan fingerprint density at radius 2 is 2.21 bits per heavy atom. The normalized spacial score (nSPS) is 25.9. The highest BCUT2D eigenvalue weighted by Crippen LogP contribution is 2.45. The van der Waals surface area contributed by atoms with Crippen LogP contribution in [0.3, 0.4) is 0 Å². The van der Waals surface area contributed by atoms with E-state index in [1.165, 1.54) is 4.88 Å². The molecule has 4 nitrogen and oxygen atoms in total. The Morgan fingerprint density at radius 3 is 2.96 bits per heavy atom. The predicted molar refractivity (Wildman–Crippen MR) is 104 cm³/mol. The Morgan fingerprint density at radius 1 is 1.38 bits per heavy atom. The fourth-order valence-electron chi connectivity index (χ4n) is 3.18. The van der Waals surface area contributed by atoms with Crippen molar-refractivity contribution in [2.24, 2.45) is 10.9 Å². The second kappa shape index (κ2) is 6.63. The van der Waals surface area contributed by atoms with E-state index >= 15 is 0 Å². The van der Waals surface area contributed by atoms with Crippen LogP contribution >= 0.6 is 39.0 Å². The summed E-state index contributed by atoms with van der Waals surface area (Å²) in [6.45, 7) is 1.78. The molecule has 124 valence electrons. The smallest absolute Gasteiger partial charge is 0.257 e. The minimum Gasteiger partial charge on any atom is -0.314 e. The van der Waals surface area contributed by atoms with Gasteiger partial charge in [0.1, 0.15) is 5.54 Å². The summed E-state index contributed by atoms with van der Waals surface area (Å²) in [4.78, 5) is 18.7. The van der Waals surface area contributed by atoms with Gasteiger partial charge in [-0.3, -0.25) is 4.79 Å². The summed E-state index contributed by atoms with van der Waals surface area (Å²) < 4.78 is 1.09. The largest absolute Gasteiger partial charge is 0.314 e. The third-order valence-corrected chi connectivity index (χ3v) is 7.33. The lowest BCUT2D eigenvalue weighted by Gasteiger charge is -2.34. The number of benzene rings is 1. The molecule has 2 aliphatic rings. The predicted octanol–water partition coefficient (Wildman–Crippen LogP) is 3.46. The molecule has 1 aromatic heterocycles. The van der Waals surface area contributed by atoms with Gasteiger partial charge in [-0.05, 0) is 34.1 Å². The van der Waals surface area contributed by atoms with E-state index in [2.05, 4.69) is 38.0 Å². The topological polar surface area (TPSA) is 53.5 Å². The molecule has 3 heterocycles. The van der Waals surface area contributed by atoms with E-state index in [0.29, 0.717) is 16.6 Å². The second-order valence-corrected chi connectivity index (χ2v) is 8.76. The summed E-state index contributed by atoms with van der Waals surface area (Å²) in [6, 6.07) is 11.4. The zero-order valence-corrected chi connectivity index (χ0v) is 16.0. The molecule has 1 saturated heterocycles. The molecule has 1 amide bonds. The first-order valence-electron chi connectivity index (χ1n) is 7.72. The van der Waals surface area contributed by atoms with Crippen molar-refractivity contribution in [3.05, 3.63) is 56.7 Å². The number of thioether (sulfide) groups is 1. The molecule has 2 N–H and O–H groups in total. The van der Waals surface area contributed by atoms with Gasteiger partial charge in [0.2, 0.25) is 0 Å². The van der Waals surface area contributed by atoms with Crippen molar-refractivity contribution in [3.8, 4) is 0 Å². The van der Waals surface area contributed by atoms with Crippen LogP contribution in [-0.4, -0.2) is 29.9 Å². The minimum atomic E-state index is -0.263. The Kier molecular flexibility index (Phi) is 4.51. The number of rotatable bonds is 2. The molecule has 1 unspecified atom stereocenters. The van der Waals surface area contributed by atoms with E-state index in [1.807, 2.05) is 30.3 Å². The Labute approximate surface area is 157 Å². The van der Waals surface area contributed by atoms with Crippen molar-refractivity contribution in [3.63, 3.8) is 0 Å². The summed E-state index contributed by atoms with van der Waals surface area (Å²) in [7, 11) is 0.